The molecule has 114 valence electrons. The molecule has 1 aromatic carbocycles. The number of carbonyl (C=O) groups is 3. The summed E-state index contributed by atoms with van der Waals surface area (Å²) in [5.41, 5.74) is 0.765. The third kappa shape index (κ3) is 2.36. The normalized spacial score (nSPS) is 21.2. The quantitative estimate of drug-likeness (QED) is 0.592. The highest BCUT2D eigenvalue weighted by Gasteiger charge is 2.43. The van der Waals surface area contributed by atoms with Gasteiger partial charge in [-0.25, -0.2) is 4.39 Å². The van der Waals surface area contributed by atoms with Crippen LogP contribution in [0.2, 0.25) is 0 Å². The third-order valence-electron chi connectivity index (χ3n) is 4.05. The van der Waals surface area contributed by atoms with Gasteiger partial charge in [0, 0.05) is 17.8 Å². The summed E-state index contributed by atoms with van der Waals surface area (Å²) in [4.78, 5) is 38.1. The Kier molecular flexibility index (Phi) is 3.24. The summed E-state index contributed by atoms with van der Waals surface area (Å²) in [6.45, 7) is 3.86. The van der Waals surface area contributed by atoms with Gasteiger partial charge < -0.3 is 0 Å². The molecule has 1 aliphatic carbocycles. The van der Waals surface area contributed by atoms with Gasteiger partial charge in [0.15, 0.2) is 11.6 Å². The first-order chi connectivity index (χ1) is 10.3. The predicted molar refractivity (Wildman–Crippen MR) is 78.6 cm³/mol. The molecule has 1 aromatic rings. The zero-order valence-electron chi connectivity index (χ0n) is 12.5. The topological polar surface area (TPSA) is 54.5 Å². The summed E-state index contributed by atoms with van der Waals surface area (Å²) < 4.78 is 13.1. The average Bonchev–Trinajstić information content (AvgIpc) is 2.38. The Morgan fingerprint density at radius 3 is 2.27 bits per heavy atom. The molecule has 5 heteroatoms. The number of nitrogens with zero attached hydrogens (tertiary/aromatic N) is 1. The summed E-state index contributed by atoms with van der Waals surface area (Å²) >= 11 is 0. The molecule has 1 aliphatic heterocycles. The predicted octanol–water partition coefficient (Wildman–Crippen LogP) is 2.77. The van der Waals surface area contributed by atoms with Crippen LogP contribution >= 0.6 is 0 Å². The van der Waals surface area contributed by atoms with Gasteiger partial charge in [0.05, 0.1) is 12.0 Å². The maximum atomic E-state index is 13.1. The maximum absolute atomic E-state index is 13.1. The molecular weight excluding hydrogens is 285 g/mol. The monoisotopic (exact) mass is 301 g/mol. The molecule has 0 bridgehead atoms. The lowest BCUT2D eigenvalue weighted by Crippen LogP contribution is -2.44. The van der Waals surface area contributed by atoms with Crippen molar-refractivity contribution in [3.05, 3.63) is 41.4 Å². The van der Waals surface area contributed by atoms with Crippen LogP contribution in [0.25, 0.3) is 0 Å². The van der Waals surface area contributed by atoms with Crippen LogP contribution in [0.15, 0.2) is 35.5 Å². The van der Waals surface area contributed by atoms with Crippen LogP contribution in [-0.2, 0) is 14.4 Å². The SMILES string of the molecule is CC1(C)CC(=O)C2=C(C1)N(c1ccc(F)cc1)C(=O)CC2=O. The van der Waals surface area contributed by atoms with E-state index in [2.05, 4.69) is 0 Å². The van der Waals surface area contributed by atoms with E-state index in [0.717, 1.165) is 0 Å². The average molecular weight is 301 g/mol. The number of anilines is 1. The number of hydrogen-bond acceptors (Lipinski definition) is 3. The van der Waals surface area contributed by atoms with Crippen molar-refractivity contribution >= 4 is 23.2 Å². The van der Waals surface area contributed by atoms with E-state index in [1.807, 2.05) is 13.8 Å². The number of ketones is 2. The lowest BCUT2D eigenvalue weighted by molar-refractivity contribution is -0.128. The van der Waals surface area contributed by atoms with E-state index in [0.29, 0.717) is 24.2 Å². The summed E-state index contributed by atoms with van der Waals surface area (Å²) in [5.74, 6) is -1.39. The van der Waals surface area contributed by atoms with Crippen molar-refractivity contribution in [1.82, 2.24) is 0 Å². The van der Waals surface area contributed by atoms with E-state index in [4.69, 9.17) is 0 Å². The fraction of sp³-hybridized carbons (Fsp3) is 0.353. The van der Waals surface area contributed by atoms with Crippen molar-refractivity contribution in [2.24, 2.45) is 5.41 Å². The molecule has 0 spiro atoms. The molecule has 3 rings (SSSR count). The molecule has 22 heavy (non-hydrogen) atoms. The van der Waals surface area contributed by atoms with Crippen molar-refractivity contribution in [2.45, 2.75) is 33.1 Å². The highest BCUT2D eigenvalue weighted by Crippen LogP contribution is 2.42. The number of hydrogen-bond donors (Lipinski definition) is 0. The van der Waals surface area contributed by atoms with Crippen molar-refractivity contribution in [2.75, 3.05) is 4.90 Å². The van der Waals surface area contributed by atoms with Crippen LogP contribution < -0.4 is 4.90 Å². The first-order valence-electron chi connectivity index (χ1n) is 7.16. The van der Waals surface area contributed by atoms with E-state index in [1.165, 1.54) is 29.2 Å². The van der Waals surface area contributed by atoms with E-state index in [9.17, 15) is 18.8 Å². The number of amides is 1. The smallest absolute Gasteiger partial charge is 0.239 e. The van der Waals surface area contributed by atoms with Crippen LogP contribution in [-0.4, -0.2) is 17.5 Å². The van der Waals surface area contributed by atoms with Crippen molar-refractivity contribution in [3.63, 3.8) is 0 Å². The number of Topliss-reactive ketones (excluding diaryl/α,β-unsaturated/α-hetero) is 2. The third-order valence-corrected chi connectivity index (χ3v) is 4.05. The highest BCUT2D eigenvalue weighted by molar-refractivity contribution is 6.29. The molecule has 0 N–H and O–H groups in total. The Morgan fingerprint density at radius 2 is 1.64 bits per heavy atom. The number of halogens is 1. The fourth-order valence-electron chi connectivity index (χ4n) is 3.14. The Balaban J connectivity index is 2.15. The molecule has 0 saturated heterocycles. The first-order valence-corrected chi connectivity index (χ1v) is 7.16. The lowest BCUT2D eigenvalue weighted by Gasteiger charge is -2.39. The van der Waals surface area contributed by atoms with Crippen LogP contribution in [0.4, 0.5) is 10.1 Å². The van der Waals surface area contributed by atoms with Gasteiger partial charge in [-0.15, -0.1) is 0 Å². The minimum Gasteiger partial charge on any atom is -0.294 e. The Bertz CT molecular complexity index is 716. The second-order valence-corrected chi connectivity index (χ2v) is 6.57. The van der Waals surface area contributed by atoms with Crippen LogP contribution in [0.5, 0.6) is 0 Å². The van der Waals surface area contributed by atoms with Gasteiger partial charge in [0.25, 0.3) is 0 Å². The molecule has 0 saturated carbocycles. The van der Waals surface area contributed by atoms with Crippen LogP contribution in [0.3, 0.4) is 0 Å². The van der Waals surface area contributed by atoms with Crippen molar-refractivity contribution in [3.8, 4) is 0 Å². The van der Waals surface area contributed by atoms with Crippen molar-refractivity contribution in [1.29, 1.82) is 0 Å². The number of benzene rings is 1. The molecule has 0 atom stereocenters. The molecule has 2 aliphatic rings. The van der Waals surface area contributed by atoms with Gasteiger partial charge in [-0.05, 0) is 36.1 Å². The van der Waals surface area contributed by atoms with Gasteiger partial charge in [-0.3, -0.25) is 19.3 Å². The van der Waals surface area contributed by atoms with Crippen LogP contribution in [0.1, 0.15) is 33.1 Å². The number of allylic oxidation sites excluding steroid dienone is 2. The molecule has 0 radical (unpaired) electrons. The van der Waals surface area contributed by atoms with Gasteiger partial charge in [0.2, 0.25) is 5.91 Å². The van der Waals surface area contributed by atoms with E-state index in [1.54, 1.807) is 0 Å². The number of carbonyl (C=O) groups excluding carboxylic acids is 3. The fourth-order valence-corrected chi connectivity index (χ4v) is 3.14. The number of rotatable bonds is 1. The minimum absolute atomic E-state index is 0.142. The second-order valence-electron chi connectivity index (χ2n) is 6.57. The molecule has 0 unspecified atom stereocenters. The highest BCUT2D eigenvalue weighted by atomic mass is 19.1. The standard InChI is InChI=1S/C17H16FNO3/c1-17(2)8-12-16(14(21)9-17)13(20)7-15(22)19(12)11-5-3-10(18)4-6-11/h3-6H,7-9H2,1-2H3. The zero-order valence-corrected chi connectivity index (χ0v) is 12.5. The Hall–Kier alpha value is -2.30. The largest absolute Gasteiger partial charge is 0.294 e. The zero-order chi connectivity index (χ0) is 16.1. The van der Waals surface area contributed by atoms with E-state index < -0.39 is 11.6 Å². The van der Waals surface area contributed by atoms with Gasteiger partial charge in [-0.2, -0.15) is 0 Å². The molecular formula is C17H16FNO3. The summed E-state index contributed by atoms with van der Waals surface area (Å²) in [5, 5.41) is 0. The Labute approximate surface area is 127 Å². The molecule has 4 nitrogen and oxygen atoms in total. The van der Waals surface area contributed by atoms with Crippen molar-refractivity contribution < 1.29 is 18.8 Å². The summed E-state index contributed by atoms with van der Waals surface area (Å²) in [7, 11) is 0. The summed E-state index contributed by atoms with van der Waals surface area (Å²) in [6, 6.07) is 5.49. The van der Waals surface area contributed by atoms with E-state index >= 15 is 0 Å². The molecule has 0 fully saturated rings. The second kappa shape index (κ2) is 4.87. The maximum Gasteiger partial charge on any atom is 0.239 e. The van der Waals surface area contributed by atoms with Gasteiger partial charge in [0.1, 0.15) is 5.82 Å². The molecule has 1 amide bonds. The molecule has 0 aromatic heterocycles. The first kappa shape index (κ1) is 14.6. The minimum atomic E-state index is -0.404. The molecule has 1 heterocycles. The van der Waals surface area contributed by atoms with E-state index in [-0.39, 0.29) is 29.1 Å². The summed E-state index contributed by atoms with van der Waals surface area (Å²) in [6.07, 6.45) is 0.439. The lowest BCUT2D eigenvalue weighted by atomic mass is 9.73. The van der Waals surface area contributed by atoms with Gasteiger partial charge >= 0.3 is 0 Å². The van der Waals surface area contributed by atoms with Crippen LogP contribution in [0, 0.1) is 11.2 Å². The van der Waals surface area contributed by atoms with Gasteiger partial charge in [-0.1, -0.05) is 13.8 Å². The Morgan fingerprint density at radius 1 is 1.00 bits per heavy atom.